The van der Waals surface area contributed by atoms with Crippen molar-refractivity contribution in [2.45, 2.75) is 31.6 Å². The average Bonchev–Trinajstić information content (AvgIpc) is 3.47. The van der Waals surface area contributed by atoms with Gasteiger partial charge in [0.15, 0.2) is 0 Å². The molecule has 0 bridgehead atoms. The van der Waals surface area contributed by atoms with Crippen molar-refractivity contribution in [3.63, 3.8) is 0 Å². The Hall–Kier alpha value is -3.98. The molecule has 0 radical (unpaired) electrons. The quantitative estimate of drug-likeness (QED) is 0.269. The van der Waals surface area contributed by atoms with Gasteiger partial charge in [0.05, 0.1) is 18.4 Å². The number of methoxy groups -OCH3 is 1. The molecule has 2 aromatic carbocycles. The maximum absolute atomic E-state index is 13.5. The number of amides is 1. The van der Waals surface area contributed by atoms with E-state index in [1.807, 2.05) is 42.5 Å². The molecule has 1 unspecified atom stereocenters. The van der Waals surface area contributed by atoms with E-state index >= 15 is 0 Å². The lowest BCUT2D eigenvalue weighted by Gasteiger charge is -2.32. The number of ether oxygens (including phenoxy) is 1. The Balaban J connectivity index is 1.59. The second-order valence-electron chi connectivity index (χ2n) is 9.38. The molecule has 1 aliphatic rings. The molecule has 1 fully saturated rings. The third-order valence-corrected chi connectivity index (χ3v) is 6.69. The highest BCUT2D eigenvalue weighted by Gasteiger charge is 2.33. The molecule has 0 N–H and O–H groups in total. The van der Waals surface area contributed by atoms with E-state index in [1.54, 1.807) is 6.20 Å². The Kier molecular flexibility index (Phi) is 9.14. The SMILES string of the molecule is COC(=O)C(CN1CCCC1)N(Cc1ccc(-c2ccccn2)cc1)C(=O)C=Cc1ccc(C(F)(F)F)cc1. The highest BCUT2D eigenvalue weighted by Crippen LogP contribution is 2.29. The summed E-state index contributed by atoms with van der Waals surface area (Å²) >= 11 is 0. The van der Waals surface area contributed by atoms with Crippen molar-refractivity contribution in [1.29, 1.82) is 0 Å². The number of benzene rings is 2. The molecule has 0 saturated carbocycles. The molecule has 0 aliphatic carbocycles. The van der Waals surface area contributed by atoms with Crippen LogP contribution in [0.15, 0.2) is 79.0 Å². The first-order valence-corrected chi connectivity index (χ1v) is 12.7. The average molecular weight is 538 g/mol. The van der Waals surface area contributed by atoms with E-state index in [1.165, 1.54) is 36.3 Å². The van der Waals surface area contributed by atoms with E-state index < -0.39 is 29.7 Å². The van der Waals surface area contributed by atoms with Gasteiger partial charge in [0.2, 0.25) is 5.91 Å². The number of likely N-dealkylation sites (tertiary alicyclic amines) is 1. The number of carbonyl (C=O) groups excluding carboxylic acids is 2. The highest BCUT2D eigenvalue weighted by atomic mass is 19.4. The largest absolute Gasteiger partial charge is 0.467 e. The smallest absolute Gasteiger partial charge is 0.416 e. The Labute approximate surface area is 225 Å². The number of aromatic nitrogens is 1. The second kappa shape index (κ2) is 12.7. The summed E-state index contributed by atoms with van der Waals surface area (Å²) in [5.41, 5.74) is 2.21. The van der Waals surface area contributed by atoms with Crippen molar-refractivity contribution < 1.29 is 27.5 Å². The Morgan fingerprint density at radius 2 is 1.72 bits per heavy atom. The fraction of sp³-hybridized carbons (Fsp3) is 0.300. The number of alkyl halides is 3. The van der Waals surface area contributed by atoms with E-state index in [9.17, 15) is 22.8 Å². The van der Waals surface area contributed by atoms with Crippen LogP contribution in [0.1, 0.15) is 29.5 Å². The minimum Gasteiger partial charge on any atom is -0.467 e. The molecular formula is C30H30F3N3O3. The predicted octanol–water partition coefficient (Wildman–Crippen LogP) is 5.45. The van der Waals surface area contributed by atoms with Crippen LogP contribution in [0.25, 0.3) is 17.3 Å². The zero-order chi connectivity index (χ0) is 27.8. The summed E-state index contributed by atoms with van der Waals surface area (Å²) in [5, 5.41) is 0. The van der Waals surface area contributed by atoms with Crippen molar-refractivity contribution in [3.05, 3.63) is 95.7 Å². The van der Waals surface area contributed by atoms with E-state index in [0.29, 0.717) is 12.1 Å². The first kappa shape index (κ1) is 28.0. The first-order chi connectivity index (χ1) is 18.7. The third-order valence-electron chi connectivity index (χ3n) is 6.69. The van der Waals surface area contributed by atoms with Crippen molar-refractivity contribution in [1.82, 2.24) is 14.8 Å². The van der Waals surface area contributed by atoms with Crippen molar-refractivity contribution in [2.75, 3.05) is 26.7 Å². The van der Waals surface area contributed by atoms with E-state index in [-0.39, 0.29) is 6.54 Å². The summed E-state index contributed by atoms with van der Waals surface area (Å²) in [4.78, 5) is 34.3. The number of pyridine rings is 1. The lowest BCUT2D eigenvalue weighted by Crippen LogP contribution is -2.50. The lowest BCUT2D eigenvalue weighted by molar-refractivity contribution is -0.152. The van der Waals surface area contributed by atoms with Crippen molar-refractivity contribution in [2.24, 2.45) is 0 Å². The van der Waals surface area contributed by atoms with E-state index in [4.69, 9.17) is 4.74 Å². The normalized spacial score (nSPS) is 14.9. The number of rotatable bonds is 9. The molecule has 9 heteroatoms. The second-order valence-corrected chi connectivity index (χ2v) is 9.38. The Morgan fingerprint density at radius 1 is 1.03 bits per heavy atom. The fourth-order valence-electron chi connectivity index (χ4n) is 4.55. The lowest BCUT2D eigenvalue weighted by atomic mass is 10.1. The van der Waals surface area contributed by atoms with Gasteiger partial charge in [-0.25, -0.2) is 4.79 Å². The molecule has 1 amide bonds. The van der Waals surface area contributed by atoms with Crippen LogP contribution in [-0.2, 0) is 27.0 Å². The van der Waals surface area contributed by atoms with Crippen molar-refractivity contribution in [3.8, 4) is 11.3 Å². The van der Waals surface area contributed by atoms with Crippen LogP contribution in [-0.4, -0.2) is 59.4 Å². The van der Waals surface area contributed by atoms with E-state index in [0.717, 1.165) is 54.9 Å². The van der Waals surface area contributed by atoms with Gasteiger partial charge in [-0.05, 0) is 67.4 Å². The van der Waals surface area contributed by atoms with Gasteiger partial charge in [0.1, 0.15) is 6.04 Å². The minimum absolute atomic E-state index is 0.145. The van der Waals surface area contributed by atoms with Gasteiger partial charge in [-0.1, -0.05) is 42.5 Å². The molecule has 204 valence electrons. The summed E-state index contributed by atoms with van der Waals surface area (Å²) in [7, 11) is 1.29. The molecule has 1 aromatic heterocycles. The molecule has 4 rings (SSSR count). The van der Waals surface area contributed by atoms with Gasteiger partial charge in [0.25, 0.3) is 0 Å². The Morgan fingerprint density at radius 3 is 2.31 bits per heavy atom. The first-order valence-electron chi connectivity index (χ1n) is 12.7. The van der Waals surface area contributed by atoms with Gasteiger partial charge in [-0.3, -0.25) is 9.78 Å². The Bertz CT molecular complexity index is 1270. The van der Waals surface area contributed by atoms with Gasteiger partial charge in [0, 0.05) is 30.9 Å². The number of esters is 1. The summed E-state index contributed by atoms with van der Waals surface area (Å²) in [6.07, 6.45) is 2.04. The number of hydrogen-bond acceptors (Lipinski definition) is 5. The monoisotopic (exact) mass is 537 g/mol. The predicted molar refractivity (Wildman–Crippen MR) is 142 cm³/mol. The molecule has 1 saturated heterocycles. The number of nitrogens with zero attached hydrogens (tertiary/aromatic N) is 3. The van der Waals surface area contributed by atoms with Gasteiger partial charge < -0.3 is 14.5 Å². The zero-order valence-electron chi connectivity index (χ0n) is 21.6. The van der Waals surface area contributed by atoms with Crippen LogP contribution in [0.3, 0.4) is 0 Å². The molecule has 6 nitrogen and oxygen atoms in total. The number of carbonyl (C=O) groups is 2. The van der Waals surface area contributed by atoms with Crippen LogP contribution in [0.2, 0.25) is 0 Å². The van der Waals surface area contributed by atoms with Gasteiger partial charge in [-0.15, -0.1) is 0 Å². The molecule has 0 spiro atoms. The standard InChI is InChI=1S/C30H30F3N3O3/c1-39-29(38)27(21-35-18-4-5-19-35)36(20-23-7-12-24(13-8-23)26-6-2-3-17-34-26)28(37)16-11-22-9-14-25(15-10-22)30(31,32)33/h2-3,6-17,27H,4-5,18-21H2,1H3. The number of halogens is 3. The maximum Gasteiger partial charge on any atom is 0.416 e. The molecule has 39 heavy (non-hydrogen) atoms. The molecule has 1 aliphatic heterocycles. The summed E-state index contributed by atoms with van der Waals surface area (Å²) in [5.74, 6) is -0.971. The maximum atomic E-state index is 13.5. The summed E-state index contributed by atoms with van der Waals surface area (Å²) in [6.45, 7) is 2.14. The van der Waals surface area contributed by atoms with Crippen molar-refractivity contribution >= 4 is 18.0 Å². The van der Waals surface area contributed by atoms with E-state index in [2.05, 4.69) is 9.88 Å². The van der Waals surface area contributed by atoms with Crippen LogP contribution in [0.4, 0.5) is 13.2 Å². The summed E-state index contributed by atoms with van der Waals surface area (Å²) < 4.78 is 43.8. The topological polar surface area (TPSA) is 62.7 Å². The van der Waals surface area contributed by atoms with Crippen LogP contribution >= 0.6 is 0 Å². The zero-order valence-corrected chi connectivity index (χ0v) is 21.6. The molecular weight excluding hydrogens is 507 g/mol. The van der Waals surface area contributed by atoms with Gasteiger partial charge in [-0.2, -0.15) is 13.2 Å². The highest BCUT2D eigenvalue weighted by molar-refractivity contribution is 5.94. The summed E-state index contributed by atoms with van der Waals surface area (Å²) in [6, 6.07) is 16.9. The van der Waals surface area contributed by atoms with Crippen LogP contribution < -0.4 is 0 Å². The third kappa shape index (κ3) is 7.54. The van der Waals surface area contributed by atoms with Crippen LogP contribution in [0, 0.1) is 0 Å². The minimum atomic E-state index is -4.44. The number of hydrogen-bond donors (Lipinski definition) is 0. The van der Waals surface area contributed by atoms with Gasteiger partial charge >= 0.3 is 12.1 Å². The molecule has 2 heterocycles. The molecule has 3 aromatic rings. The molecule has 1 atom stereocenters. The van der Waals surface area contributed by atoms with Crippen LogP contribution in [0.5, 0.6) is 0 Å². The fourth-order valence-corrected chi connectivity index (χ4v) is 4.55.